The Labute approximate surface area is 151 Å². The number of carbonyl (C=O) groups is 1. The minimum atomic E-state index is -0.433. The van der Waals surface area contributed by atoms with Crippen molar-refractivity contribution in [3.05, 3.63) is 64.0 Å². The van der Waals surface area contributed by atoms with E-state index in [0.29, 0.717) is 17.4 Å². The molecule has 0 radical (unpaired) electrons. The van der Waals surface area contributed by atoms with Gasteiger partial charge in [-0.2, -0.15) is 0 Å². The maximum Gasteiger partial charge on any atom is 0.283 e. The summed E-state index contributed by atoms with van der Waals surface area (Å²) in [7, 11) is 0. The van der Waals surface area contributed by atoms with Crippen LogP contribution in [0.3, 0.4) is 0 Å². The number of benzene rings is 1. The van der Waals surface area contributed by atoms with Gasteiger partial charge in [-0.15, -0.1) is 11.8 Å². The van der Waals surface area contributed by atoms with Crippen LogP contribution in [0.15, 0.2) is 47.6 Å². The molecule has 25 heavy (non-hydrogen) atoms. The average Bonchev–Trinajstić information content (AvgIpc) is 2.60. The van der Waals surface area contributed by atoms with E-state index >= 15 is 0 Å². The molecule has 1 amide bonds. The summed E-state index contributed by atoms with van der Waals surface area (Å²) in [5.41, 5.74) is 1.18. The maximum atomic E-state index is 12.3. The van der Waals surface area contributed by atoms with Gasteiger partial charge in [0.1, 0.15) is 0 Å². The van der Waals surface area contributed by atoms with E-state index in [-0.39, 0.29) is 17.2 Å². The minimum Gasteiger partial charge on any atom is -0.348 e. The normalized spacial score (nSPS) is 10.7. The van der Waals surface area contributed by atoms with Gasteiger partial charge in [0, 0.05) is 30.6 Å². The van der Waals surface area contributed by atoms with Gasteiger partial charge in [0.25, 0.3) is 11.6 Å². The van der Waals surface area contributed by atoms with E-state index in [0.717, 1.165) is 17.7 Å². The Kier molecular flexibility index (Phi) is 6.94. The Morgan fingerprint density at radius 2 is 2.00 bits per heavy atom. The smallest absolute Gasteiger partial charge is 0.283 e. The molecule has 2 aromatic rings. The summed E-state index contributed by atoms with van der Waals surface area (Å²) >= 11 is 1.45. The van der Waals surface area contributed by atoms with Crippen molar-refractivity contribution in [2.75, 3.05) is 5.75 Å². The van der Waals surface area contributed by atoms with Crippen molar-refractivity contribution in [1.82, 2.24) is 10.3 Å². The average molecular weight is 359 g/mol. The Morgan fingerprint density at radius 1 is 1.28 bits per heavy atom. The molecule has 0 aliphatic rings. The molecule has 6 nitrogen and oxygen atoms in total. The molecule has 1 aromatic heterocycles. The summed E-state index contributed by atoms with van der Waals surface area (Å²) in [6.45, 7) is 4.58. The largest absolute Gasteiger partial charge is 0.348 e. The molecule has 0 spiro atoms. The number of amides is 1. The van der Waals surface area contributed by atoms with Gasteiger partial charge in [0.05, 0.1) is 9.82 Å². The lowest BCUT2D eigenvalue weighted by Gasteiger charge is -2.08. The lowest BCUT2D eigenvalue weighted by atomic mass is 10.2. The van der Waals surface area contributed by atoms with Gasteiger partial charge in [-0.05, 0) is 47.9 Å². The van der Waals surface area contributed by atoms with Crippen LogP contribution in [0.2, 0.25) is 0 Å². The topological polar surface area (TPSA) is 85.1 Å². The third kappa shape index (κ3) is 5.86. The highest BCUT2D eigenvalue weighted by atomic mass is 32.2. The van der Waals surface area contributed by atoms with Crippen LogP contribution in [0.5, 0.6) is 0 Å². The van der Waals surface area contributed by atoms with Crippen LogP contribution in [0, 0.1) is 16.0 Å². The van der Waals surface area contributed by atoms with Crippen molar-refractivity contribution in [2.24, 2.45) is 5.92 Å². The SMILES string of the molecule is CC(C)CCSc1ccc(C(=O)NCc2ccncc2)cc1[N+](=O)[O-]. The molecule has 0 unspecified atom stereocenters. The minimum absolute atomic E-state index is 0.0229. The number of hydrogen-bond acceptors (Lipinski definition) is 5. The number of rotatable bonds is 8. The molecule has 0 aliphatic heterocycles. The van der Waals surface area contributed by atoms with Crippen LogP contribution < -0.4 is 5.32 Å². The fourth-order valence-corrected chi connectivity index (χ4v) is 3.37. The fourth-order valence-electron chi connectivity index (χ4n) is 2.11. The second-order valence-electron chi connectivity index (χ2n) is 6.01. The van der Waals surface area contributed by atoms with Crippen LogP contribution >= 0.6 is 11.8 Å². The lowest BCUT2D eigenvalue weighted by Crippen LogP contribution is -2.22. The van der Waals surface area contributed by atoms with Gasteiger partial charge in [-0.1, -0.05) is 13.8 Å². The molecule has 0 bridgehead atoms. The molecule has 1 heterocycles. The molecular formula is C18H21N3O3S. The molecule has 0 saturated carbocycles. The molecule has 0 saturated heterocycles. The van der Waals surface area contributed by atoms with E-state index in [1.807, 2.05) is 0 Å². The molecule has 132 valence electrons. The van der Waals surface area contributed by atoms with Gasteiger partial charge >= 0.3 is 0 Å². The predicted molar refractivity (Wildman–Crippen MR) is 98.7 cm³/mol. The first-order valence-corrected chi connectivity index (χ1v) is 9.04. The third-order valence-corrected chi connectivity index (χ3v) is 4.67. The van der Waals surface area contributed by atoms with E-state index in [2.05, 4.69) is 24.1 Å². The molecule has 1 N–H and O–H groups in total. The number of thioether (sulfide) groups is 1. The van der Waals surface area contributed by atoms with Gasteiger partial charge < -0.3 is 5.32 Å². The molecule has 0 fully saturated rings. The zero-order chi connectivity index (χ0) is 18.2. The highest BCUT2D eigenvalue weighted by Crippen LogP contribution is 2.31. The van der Waals surface area contributed by atoms with E-state index in [9.17, 15) is 14.9 Å². The van der Waals surface area contributed by atoms with Gasteiger partial charge in [0.15, 0.2) is 0 Å². The summed E-state index contributed by atoms with van der Waals surface area (Å²) in [6, 6.07) is 8.24. The first-order chi connectivity index (χ1) is 12.0. The van der Waals surface area contributed by atoms with Crippen molar-refractivity contribution in [3.63, 3.8) is 0 Å². The van der Waals surface area contributed by atoms with Crippen LogP contribution in [0.4, 0.5) is 5.69 Å². The van der Waals surface area contributed by atoms with Crippen LogP contribution in [-0.4, -0.2) is 21.6 Å². The van der Waals surface area contributed by atoms with Gasteiger partial charge in [-0.25, -0.2) is 0 Å². The lowest BCUT2D eigenvalue weighted by molar-refractivity contribution is -0.387. The predicted octanol–water partition coefficient (Wildman–Crippen LogP) is 4.06. The zero-order valence-corrected chi connectivity index (χ0v) is 15.1. The molecular weight excluding hydrogens is 338 g/mol. The van der Waals surface area contributed by atoms with E-state index in [1.54, 1.807) is 36.7 Å². The third-order valence-electron chi connectivity index (χ3n) is 3.57. The summed E-state index contributed by atoms with van der Waals surface area (Å²) in [6.07, 6.45) is 4.28. The number of nitrogens with one attached hydrogen (secondary N) is 1. The number of hydrogen-bond donors (Lipinski definition) is 1. The van der Waals surface area contributed by atoms with Crippen LogP contribution in [-0.2, 0) is 6.54 Å². The quantitative estimate of drug-likeness (QED) is 0.436. The summed E-state index contributed by atoms with van der Waals surface area (Å²) < 4.78 is 0. The molecule has 0 atom stereocenters. The summed E-state index contributed by atoms with van der Waals surface area (Å²) in [5.74, 6) is 1.02. The van der Waals surface area contributed by atoms with Crippen molar-refractivity contribution in [3.8, 4) is 0 Å². The van der Waals surface area contributed by atoms with Gasteiger partial charge in [-0.3, -0.25) is 19.9 Å². The second-order valence-corrected chi connectivity index (χ2v) is 7.15. The number of nitro groups is 1. The van der Waals surface area contributed by atoms with Crippen LogP contribution in [0.25, 0.3) is 0 Å². The Hall–Kier alpha value is -2.41. The van der Waals surface area contributed by atoms with Crippen molar-refractivity contribution in [1.29, 1.82) is 0 Å². The van der Waals surface area contributed by atoms with E-state index in [4.69, 9.17) is 0 Å². The summed E-state index contributed by atoms with van der Waals surface area (Å²) in [5, 5.41) is 14.1. The highest BCUT2D eigenvalue weighted by molar-refractivity contribution is 7.99. The molecule has 7 heteroatoms. The Bertz CT molecular complexity index is 736. The Morgan fingerprint density at radius 3 is 2.64 bits per heavy atom. The van der Waals surface area contributed by atoms with Crippen molar-refractivity contribution < 1.29 is 9.72 Å². The van der Waals surface area contributed by atoms with E-state index < -0.39 is 4.92 Å². The fraction of sp³-hybridized carbons (Fsp3) is 0.333. The number of nitro benzene ring substituents is 1. The number of carbonyl (C=O) groups excluding carboxylic acids is 1. The van der Waals surface area contributed by atoms with Crippen LogP contribution in [0.1, 0.15) is 36.2 Å². The number of pyridine rings is 1. The van der Waals surface area contributed by atoms with Crippen molar-refractivity contribution >= 4 is 23.4 Å². The monoisotopic (exact) mass is 359 g/mol. The zero-order valence-electron chi connectivity index (χ0n) is 14.3. The molecule has 0 aliphatic carbocycles. The highest BCUT2D eigenvalue weighted by Gasteiger charge is 2.18. The summed E-state index contributed by atoms with van der Waals surface area (Å²) in [4.78, 5) is 27.7. The number of nitrogens with zero attached hydrogens (tertiary/aromatic N) is 2. The first kappa shape index (κ1) is 18.9. The Balaban J connectivity index is 2.06. The maximum absolute atomic E-state index is 12.3. The molecule has 1 aromatic carbocycles. The van der Waals surface area contributed by atoms with Gasteiger partial charge in [0.2, 0.25) is 0 Å². The standard InChI is InChI=1S/C18H21N3O3S/c1-13(2)7-10-25-17-4-3-15(11-16(17)21(23)24)18(22)20-12-14-5-8-19-9-6-14/h3-6,8-9,11,13H,7,10,12H2,1-2H3,(H,20,22). The number of aromatic nitrogens is 1. The molecule has 2 rings (SSSR count). The second kappa shape index (κ2) is 9.17. The van der Waals surface area contributed by atoms with Crippen molar-refractivity contribution in [2.45, 2.75) is 31.7 Å². The van der Waals surface area contributed by atoms with E-state index in [1.165, 1.54) is 17.8 Å². The first-order valence-electron chi connectivity index (χ1n) is 8.05.